The molecule has 0 bridgehead atoms. The molecule has 120 valence electrons. The zero-order valence-electron chi connectivity index (χ0n) is 13.8. The molecule has 4 heteroatoms. The van der Waals surface area contributed by atoms with E-state index in [1.165, 1.54) is 5.56 Å². The Morgan fingerprint density at radius 3 is 2.36 bits per heavy atom. The van der Waals surface area contributed by atoms with Gasteiger partial charge in [-0.2, -0.15) is 0 Å². The van der Waals surface area contributed by atoms with Crippen molar-refractivity contribution in [3.8, 4) is 0 Å². The molecule has 1 atom stereocenters. The van der Waals surface area contributed by atoms with Crippen molar-refractivity contribution >= 4 is 6.09 Å². The number of amides is 1. The van der Waals surface area contributed by atoms with Crippen LogP contribution in [0.1, 0.15) is 45.2 Å². The second kappa shape index (κ2) is 5.58. The Kier molecular flexibility index (Phi) is 3.89. The van der Waals surface area contributed by atoms with Crippen molar-refractivity contribution in [1.29, 1.82) is 0 Å². The van der Waals surface area contributed by atoms with Gasteiger partial charge in [-0.05, 0) is 39.2 Å². The second-order valence-electron chi connectivity index (χ2n) is 7.55. The van der Waals surface area contributed by atoms with Crippen LogP contribution in [0.3, 0.4) is 0 Å². The van der Waals surface area contributed by atoms with Crippen molar-refractivity contribution in [1.82, 2.24) is 10.2 Å². The van der Waals surface area contributed by atoms with Gasteiger partial charge in [-0.25, -0.2) is 4.79 Å². The number of nitrogens with one attached hydrogen (secondary N) is 1. The fourth-order valence-corrected chi connectivity index (χ4v) is 3.54. The average Bonchev–Trinajstić information content (AvgIpc) is 2.45. The molecule has 0 radical (unpaired) electrons. The van der Waals surface area contributed by atoms with Crippen LogP contribution >= 0.6 is 0 Å². The number of rotatable bonds is 1. The normalized spacial score (nSPS) is 24.0. The Morgan fingerprint density at radius 1 is 1.23 bits per heavy atom. The first kappa shape index (κ1) is 15.3. The van der Waals surface area contributed by atoms with Crippen molar-refractivity contribution in [2.24, 2.45) is 5.41 Å². The van der Waals surface area contributed by atoms with Crippen molar-refractivity contribution in [3.05, 3.63) is 35.9 Å². The lowest BCUT2D eigenvalue weighted by Gasteiger charge is -2.54. The number of carbonyl (C=O) groups excluding carboxylic acids is 1. The Bertz CT molecular complexity index is 528. The van der Waals surface area contributed by atoms with Crippen LogP contribution in [0.5, 0.6) is 0 Å². The molecule has 4 nitrogen and oxygen atoms in total. The lowest BCUT2D eigenvalue weighted by molar-refractivity contribution is -0.0181. The van der Waals surface area contributed by atoms with E-state index in [9.17, 15) is 4.79 Å². The van der Waals surface area contributed by atoms with Crippen LogP contribution in [0, 0.1) is 5.41 Å². The van der Waals surface area contributed by atoms with Crippen molar-refractivity contribution in [2.45, 2.75) is 45.3 Å². The summed E-state index contributed by atoms with van der Waals surface area (Å²) in [6, 6.07) is 11.1. The minimum atomic E-state index is -0.420. The molecule has 2 saturated heterocycles. The summed E-state index contributed by atoms with van der Waals surface area (Å²) in [5, 5.41) is 3.57. The van der Waals surface area contributed by atoms with Crippen LogP contribution < -0.4 is 5.32 Å². The highest BCUT2D eigenvalue weighted by atomic mass is 16.6. The van der Waals surface area contributed by atoms with Gasteiger partial charge >= 0.3 is 6.09 Å². The average molecular weight is 302 g/mol. The van der Waals surface area contributed by atoms with Crippen LogP contribution in [0.2, 0.25) is 0 Å². The fourth-order valence-electron chi connectivity index (χ4n) is 3.54. The van der Waals surface area contributed by atoms with E-state index in [0.29, 0.717) is 11.5 Å². The summed E-state index contributed by atoms with van der Waals surface area (Å²) in [7, 11) is 0. The summed E-state index contributed by atoms with van der Waals surface area (Å²) in [6.07, 6.45) is 1.91. The molecule has 1 amide bonds. The van der Waals surface area contributed by atoms with Gasteiger partial charge in [0.2, 0.25) is 0 Å². The highest BCUT2D eigenvalue weighted by molar-refractivity contribution is 5.68. The lowest BCUT2D eigenvalue weighted by atomic mass is 9.65. The van der Waals surface area contributed by atoms with E-state index in [1.807, 2.05) is 25.7 Å². The van der Waals surface area contributed by atoms with Crippen LogP contribution in [-0.4, -0.2) is 36.2 Å². The van der Waals surface area contributed by atoms with E-state index in [1.54, 1.807) is 0 Å². The topological polar surface area (TPSA) is 41.6 Å². The van der Waals surface area contributed by atoms with E-state index in [2.05, 4.69) is 35.6 Å². The van der Waals surface area contributed by atoms with Crippen molar-refractivity contribution in [3.63, 3.8) is 0 Å². The number of hydrogen-bond donors (Lipinski definition) is 1. The highest BCUT2D eigenvalue weighted by Crippen LogP contribution is 2.48. The van der Waals surface area contributed by atoms with Gasteiger partial charge in [-0.1, -0.05) is 30.3 Å². The third-order valence-electron chi connectivity index (χ3n) is 4.81. The standard InChI is InChI=1S/C18H26N2O2/c1-17(2,3)22-16(21)20-11-9-18(10-12-20)13-19-15(18)14-7-5-4-6-8-14/h4-8,15,19H,9-13H2,1-3H3. The zero-order valence-corrected chi connectivity index (χ0v) is 13.8. The van der Waals surface area contributed by atoms with Gasteiger partial charge in [0.05, 0.1) is 0 Å². The minimum absolute atomic E-state index is 0.175. The molecule has 0 saturated carbocycles. The fraction of sp³-hybridized carbons (Fsp3) is 0.611. The SMILES string of the molecule is CC(C)(C)OC(=O)N1CCC2(CC1)CNC2c1ccccc1. The quantitative estimate of drug-likeness (QED) is 0.865. The summed E-state index contributed by atoms with van der Waals surface area (Å²) in [4.78, 5) is 14.0. The number of hydrogen-bond acceptors (Lipinski definition) is 3. The largest absolute Gasteiger partial charge is 0.444 e. The molecular weight excluding hydrogens is 276 g/mol. The van der Waals surface area contributed by atoms with Gasteiger partial charge in [0.25, 0.3) is 0 Å². The predicted octanol–water partition coefficient (Wildman–Crippen LogP) is 3.35. The molecule has 1 aromatic rings. The van der Waals surface area contributed by atoms with Crippen LogP contribution in [-0.2, 0) is 4.74 Å². The van der Waals surface area contributed by atoms with E-state index in [-0.39, 0.29) is 6.09 Å². The van der Waals surface area contributed by atoms with E-state index >= 15 is 0 Å². The molecule has 0 aromatic heterocycles. The molecular formula is C18H26N2O2. The smallest absolute Gasteiger partial charge is 0.410 e. The van der Waals surface area contributed by atoms with Gasteiger partial charge in [-0.3, -0.25) is 0 Å². The second-order valence-corrected chi connectivity index (χ2v) is 7.55. The predicted molar refractivity (Wildman–Crippen MR) is 86.7 cm³/mol. The number of ether oxygens (including phenoxy) is 1. The Hall–Kier alpha value is -1.55. The molecule has 22 heavy (non-hydrogen) atoms. The molecule has 2 fully saturated rings. The molecule has 1 spiro atoms. The first-order valence-corrected chi connectivity index (χ1v) is 8.16. The zero-order chi connectivity index (χ0) is 15.8. The molecule has 0 aliphatic carbocycles. The highest BCUT2D eigenvalue weighted by Gasteiger charge is 2.49. The Morgan fingerprint density at radius 2 is 1.86 bits per heavy atom. The monoisotopic (exact) mass is 302 g/mol. The Labute approximate surface area is 132 Å². The number of piperidine rings is 1. The number of benzene rings is 1. The number of likely N-dealkylation sites (tertiary alicyclic amines) is 1. The summed E-state index contributed by atoms with van der Waals surface area (Å²) in [5.41, 5.74) is 1.25. The first-order valence-electron chi connectivity index (χ1n) is 8.16. The lowest BCUT2D eigenvalue weighted by Crippen LogP contribution is -2.60. The van der Waals surface area contributed by atoms with Crippen molar-refractivity contribution < 1.29 is 9.53 Å². The maximum Gasteiger partial charge on any atom is 0.410 e. The maximum absolute atomic E-state index is 12.2. The van der Waals surface area contributed by atoms with E-state index in [4.69, 9.17) is 4.74 Å². The van der Waals surface area contributed by atoms with Crippen molar-refractivity contribution in [2.75, 3.05) is 19.6 Å². The number of carbonyl (C=O) groups is 1. The first-order chi connectivity index (χ1) is 10.4. The van der Waals surface area contributed by atoms with Gasteiger partial charge in [0.1, 0.15) is 5.60 Å². The van der Waals surface area contributed by atoms with Crippen LogP contribution in [0.25, 0.3) is 0 Å². The van der Waals surface area contributed by atoms with Gasteiger partial charge in [0, 0.05) is 31.1 Å². The summed E-state index contributed by atoms with van der Waals surface area (Å²) >= 11 is 0. The minimum Gasteiger partial charge on any atom is -0.444 e. The molecule has 3 rings (SSSR count). The van der Waals surface area contributed by atoms with Gasteiger partial charge in [0.15, 0.2) is 0 Å². The van der Waals surface area contributed by atoms with Gasteiger partial charge in [-0.15, -0.1) is 0 Å². The van der Waals surface area contributed by atoms with Crippen LogP contribution in [0.4, 0.5) is 4.79 Å². The molecule has 2 aliphatic heterocycles. The molecule has 1 N–H and O–H groups in total. The molecule has 2 heterocycles. The summed E-state index contributed by atoms with van der Waals surface area (Å²) < 4.78 is 5.48. The van der Waals surface area contributed by atoms with Gasteiger partial charge < -0.3 is 15.0 Å². The molecule has 2 aliphatic rings. The summed E-state index contributed by atoms with van der Waals surface area (Å²) in [6.45, 7) is 8.38. The maximum atomic E-state index is 12.2. The molecule has 1 aromatic carbocycles. The van der Waals surface area contributed by atoms with E-state index < -0.39 is 5.60 Å². The molecule has 1 unspecified atom stereocenters. The third kappa shape index (κ3) is 2.98. The van der Waals surface area contributed by atoms with E-state index in [0.717, 1.165) is 32.5 Å². The number of nitrogens with zero attached hydrogens (tertiary/aromatic N) is 1. The van der Waals surface area contributed by atoms with Crippen LogP contribution in [0.15, 0.2) is 30.3 Å². The Balaban J connectivity index is 1.61. The summed E-state index contributed by atoms with van der Waals surface area (Å²) in [5.74, 6) is 0. The third-order valence-corrected chi connectivity index (χ3v) is 4.81.